The van der Waals surface area contributed by atoms with Gasteiger partial charge >= 0.3 is 0 Å². The Morgan fingerprint density at radius 3 is 2.89 bits per heavy atom. The standard InChI is InChI=1S/C12H12ClN5/c1-7-3-2-4-8-5-9(6-16-18-12(14)15)11(13)17-10(7)8/h2-6H,1H3,(H4,14,15,18). The highest BCUT2D eigenvalue weighted by molar-refractivity contribution is 6.32. The van der Waals surface area contributed by atoms with Gasteiger partial charge in [0.15, 0.2) is 0 Å². The topological polar surface area (TPSA) is 89.6 Å². The first-order chi connectivity index (χ1) is 8.58. The number of aryl methyl sites for hydroxylation is 1. The van der Waals surface area contributed by atoms with E-state index in [1.54, 1.807) is 0 Å². The van der Waals surface area contributed by atoms with E-state index in [4.69, 9.17) is 23.1 Å². The van der Waals surface area contributed by atoms with E-state index in [1.807, 2.05) is 31.2 Å². The number of aromatic nitrogens is 1. The summed E-state index contributed by atoms with van der Waals surface area (Å²) in [6.45, 7) is 1.98. The number of nitrogens with two attached hydrogens (primary N) is 2. The lowest BCUT2D eigenvalue weighted by molar-refractivity contribution is 1.21. The molecule has 0 amide bonds. The van der Waals surface area contributed by atoms with Crippen LogP contribution >= 0.6 is 11.6 Å². The molecule has 0 bridgehead atoms. The van der Waals surface area contributed by atoms with Crippen LogP contribution in [-0.4, -0.2) is 17.2 Å². The molecule has 92 valence electrons. The van der Waals surface area contributed by atoms with Crippen LogP contribution in [-0.2, 0) is 0 Å². The van der Waals surface area contributed by atoms with Gasteiger partial charge in [0, 0.05) is 10.9 Å². The van der Waals surface area contributed by atoms with Crippen LogP contribution in [0.25, 0.3) is 10.9 Å². The second-order valence-corrected chi connectivity index (χ2v) is 4.14. The molecule has 2 rings (SSSR count). The number of para-hydroxylation sites is 1. The molecular formula is C12H12ClN5. The van der Waals surface area contributed by atoms with Crippen LogP contribution in [0.5, 0.6) is 0 Å². The maximum Gasteiger partial charge on any atom is 0.211 e. The van der Waals surface area contributed by atoms with E-state index < -0.39 is 0 Å². The molecule has 1 aromatic carbocycles. The molecule has 5 nitrogen and oxygen atoms in total. The first kappa shape index (κ1) is 12.3. The summed E-state index contributed by atoms with van der Waals surface area (Å²) in [5.41, 5.74) is 13.0. The van der Waals surface area contributed by atoms with Crippen molar-refractivity contribution < 1.29 is 0 Å². The molecule has 6 heteroatoms. The summed E-state index contributed by atoms with van der Waals surface area (Å²) < 4.78 is 0. The summed E-state index contributed by atoms with van der Waals surface area (Å²) in [6.07, 6.45) is 1.47. The summed E-state index contributed by atoms with van der Waals surface area (Å²) in [7, 11) is 0. The number of pyridine rings is 1. The zero-order valence-electron chi connectivity index (χ0n) is 9.76. The van der Waals surface area contributed by atoms with Crippen molar-refractivity contribution in [1.29, 1.82) is 0 Å². The third kappa shape index (κ3) is 2.57. The van der Waals surface area contributed by atoms with Crippen molar-refractivity contribution in [2.75, 3.05) is 0 Å². The first-order valence-electron chi connectivity index (χ1n) is 5.26. The largest absolute Gasteiger partial charge is 0.369 e. The van der Waals surface area contributed by atoms with Gasteiger partial charge in [-0.3, -0.25) is 0 Å². The highest BCUT2D eigenvalue weighted by Gasteiger charge is 2.04. The van der Waals surface area contributed by atoms with Gasteiger partial charge in [-0.05, 0) is 18.6 Å². The fraction of sp³-hybridized carbons (Fsp3) is 0.0833. The molecule has 0 saturated carbocycles. The number of hydrogen-bond donors (Lipinski definition) is 2. The average molecular weight is 262 g/mol. The van der Waals surface area contributed by atoms with Crippen LogP contribution < -0.4 is 11.5 Å². The van der Waals surface area contributed by atoms with Crippen LogP contribution in [0.15, 0.2) is 34.5 Å². The number of rotatable bonds is 2. The maximum atomic E-state index is 6.08. The fourth-order valence-electron chi connectivity index (χ4n) is 1.59. The van der Waals surface area contributed by atoms with E-state index in [2.05, 4.69) is 15.2 Å². The van der Waals surface area contributed by atoms with E-state index in [9.17, 15) is 0 Å². The molecule has 0 atom stereocenters. The number of nitrogens with zero attached hydrogens (tertiary/aromatic N) is 3. The average Bonchev–Trinajstić information content (AvgIpc) is 2.31. The van der Waals surface area contributed by atoms with Gasteiger partial charge in [-0.15, -0.1) is 5.10 Å². The third-order valence-electron chi connectivity index (χ3n) is 2.40. The lowest BCUT2D eigenvalue weighted by Crippen LogP contribution is -2.21. The minimum atomic E-state index is -0.105. The molecule has 1 heterocycles. The van der Waals surface area contributed by atoms with Gasteiger partial charge in [-0.25, -0.2) is 4.98 Å². The van der Waals surface area contributed by atoms with E-state index in [0.29, 0.717) is 10.7 Å². The van der Waals surface area contributed by atoms with Crippen LogP contribution in [0.3, 0.4) is 0 Å². The Bertz CT molecular complexity index is 644. The molecule has 1 aromatic heterocycles. The minimum Gasteiger partial charge on any atom is -0.369 e. The quantitative estimate of drug-likeness (QED) is 0.374. The number of benzene rings is 1. The van der Waals surface area contributed by atoms with Crippen molar-refractivity contribution in [3.05, 3.63) is 40.5 Å². The Hall–Kier alpha value is -2.14. The van der Waals surface area contributed by atoms with Gasteiger partial charge < -0.3 is 11.5 Å². The molecule has 0 aliphatic carbocycles. The third-order valence-corrected chi connectivity index (χ3v) is 2.70. The number of guanidine groups is 1. The Morgan fingerprint density at radius 1 is 1.39 bits per heavy atom. The molecule has 0 unspecified atom stereocenters. The maximum absolute atomic E-state index is 6.08. The van der Waals surface area contributed by atoms with Crippen LogP contribution in [0.4, 0.5) is 0 Å². The van der Waals surface area contributed by atoms with E-state index >= 15 is 0 Å². The van der Waals surface area contributed by atoms with Crippen molar-refractivity contribution in [1.82, 2.24) is 4.98 Å². The van der Waals surface area contributed by atoms with Crippen molar-refractivity contribution in [3.63, 3.8) is 0 Å². The molecule has 0 fully saturated rings. The second-order valence-electron chi connectivity index (χ2n) is 3.78. The van der Waals surface area contributed by atoms with Crippen LogP contribution in [0.2, 0.25) is 5.15 Å². The van der Waals surface area contributed by atoms with E-state index in [0.717, 1.165) is 16.5 Å². The van der Waals surface area contributed by atoms with Crippen LogP contribution in [0.1, 0.15) is 11.1 Å². The lowest BCUT2D eigenvalue weighted by Gasteiger charge is -2.03. The number of hydrogen-bond acceptors (Lipinski definition) is 3. The van der Waals surface area contributed by atoms with Crippen molar-refractivity contribution in [3.8, 4) is 0 Å². The molecule has 0 radical (unpaired) electrons. The molecule has 0 saturated heterocycles. The van der Waals surface area contributed by atoms with Gasteiger partial charge in [-0.2, -0.15) is 5.10 Å². The molecule has 0 aliphatic heterocycles. The summed E-state index contributed by atoms with van der Waals surface area (Å²) in [5.74, 6) is -0.105. The van der Waals surface area contributed by atoms with Gasteiger partial charge in [0.2, 0.25) is 5.96 Å². The number of halogens is 1. The Morgan fingerprint density at radius 2 is 2.17 bits per heavy atom. The van der Waals surface area contributed by atoms with Gasteiger partial charge in [0.25, 0.3) is 0 Å². The first-order valence-corrected chi connectivity index (χ1v) is 5.63. The Kier molecular flexibility index (Phi) is 3.43. The highest BCUT2D eigenvalue weighted by atomic mass is 35.5. The molecule has 2 aromatic rings. The number of fused-ring (bicyclic) bond motifs is 1. The molecule has 0 spiro atoms. The summed E-state index contributed by atoms with van der Waals surface area (Å²) >= 11 is 6.08. The fourth-order valence-corrected chi connectivity index (χ4v) is 1.78. The predicted octanol–water partition coefficient (Wildman–Crippen LogP) is 1.80. The highest BCUT2D eigenvalue weighted by Crippen LogP contribution is 2.21. The van der Waals surface area contributed by atoms with Crippen molar-refractivity contribution in [2.24, 2.45) is 21.7 Å². The SMILES string of the molecule is Cc1cccc2cc(C=NN=C(N)N)c(Cl)nc12. The predicted molar refractivity (Wildman–Crippen MR) is 74.9 cm³/mol. The lowest BCUT2D eigenvalue weighted by atomic mass is 10.1. The summed E-state index contributed by atoms with van der Waals surface area (Å²) in [4.78, 5) is 4.34. The molecule has 4 N–H and O–H groups in total. The van der Waals surface area contributed by atoms with Crippen molar-refractivity contribution in [2.45, 2.75) is 6.92 Å². The summed E-state index contributed by atoms with van der Waals surface area (Å²) in [6, 6.07) is 7.80. The van der Waals surface area contributed by atoms with Gasteiger partial charge in [0.1, 0.15) is 5.15 Å². The molecular weight excluding hydrogens is 250 g/mol. The molecule has 18 heavy (non-hydrogen) atoms. The van der Waals surface area contributed by atoms with E-state index in [1.165, 1.54) is 6.21 Å². The monoisotopic (exact) mass is 261 g/mol. The second kappa shape index (κ2) is 5.01. The normalized spacial score (nSPS) is 11.0. The minimum absolute atomic E-state index is 0.105. The van der Waals surface area contributed by atoms with Gasteiger partial charge in [0.05, 0.1) is 11.7 Å². The van der Waals surface area contributed by atoms with Gasteiger partial charge in [-0.1, -0.05) is 29.8 Å². The van der Waals surface area contributed by atoms with Crippen molar-refractivity contribution >= 4 is 34.7 Å². The molecule has 0 aliphatic rings. The van der Waals surface area contributed by atoms with E-state index in [-0.39, 0.29) is 5.96 Å². The zero-order chi connectivity index (χ0) is 13.1. The Labute approximate surface area is 109 Å². The summed E-state index contributed by atoms with van der Waals surface area (Å²) in [5, 5.41) is 8.59. The Balaban J connectivity index is 2.50. The van der Waals surface area contributed by atoms with Crippen LogP contribution in [0, 0.1) is 6.92 Å². The smallest absolute Gasteiger partial charge is 0.211 e. The zero-order valence-corrected chi connectivity index (χ0v) is 10.5.